The lowest BCUT2D eigenvalue weighted by Gasteiger charge is -2.15. The van der Waals surface area contributed by atoms with Crippen LogP contribution in [0, 0.1) is 5.92 Å². The Kier molecular flexibility index (Phi) is 6.10. The summed E-state index contributed by atoms with van der Waals surface area (Å²) in [7, 11) is 1.71. The van der Waals surface area contributed by atoms with Crippen molar-refractivity contribution < 1.29 is 14.6 Å². The van der Waals surface area contributed by atoms with E-state index in [0.717, 1.165) is 32.7 Å². The molecular weight excluding hydrogens is 270 g/mol. The predicted molar refractivity (Wildman–Crippen MR) is 78.9 cm³/mol. The van der Waals surface area contributed by atoms with E-state index in [9.17, 15) is 4.79 Å². The van der Waals surface area contributed by atoms with E-state index in [2.05, 4.69) is 15.2 Å². The molecule has 0 unspecified atom stereocenters. The van der Waals surface area contributed by atoms with Crippen molar-refractivity contribution in [2.24, 2.45) is 5.92 Å². The summed E-state index contributed by atoms with van der Waals surface area (Å²) in [4.78, 5) is 18.4. The Hall–Kier alpha value is -1.50. The molecule has 6 heteroatoms. The zero-order valence-corrected chi connectivity index (χ0v) is 12.4. The molecule has 1 aromatic rings. The minimum Gasteiger partial charge on any atom is -0.392 e. The van der Waals surface area contributed by atoms with Gasteiger partial charge in [0.25, 0.3) is 5.91 Å². The highest BCUT2D eigenvalue weighted by atomic mass is 16.5. The van der Waals surface area contributed by atoms with Crippen LogP contribution in [-0.2, 0) is 11.3 Å². The van der Waals surface area contributed by atoms with Gasteiger partial charge in [-0.05, 0) is 36.6 Å². The summed E-state index contributed by atoms with van der Waals surface area (Å²) < 4.78 is 5.08. The molecule has 0 aromatic carbocycles. The van der Waals surface area contributed by atoms with Crippen molar-refractivity contribution in [1.82, 2.24) is 15.2 Å². The summed E-state index contributed by atoms with van der Waals surface area (Å²) in [6, 6.07) is 3.32. The Labute approximate surface area is 125 Å². The molecule has 0 bridgehead atoms. The van der Waals surface area contributed by atoms with Crippen LogP contribution in [0.4, 0.5) is 0 Å². The molecule has 1 saturated heterocycles. The van der Waals surface area contributed by atoms with Crippen LogP contribution < -0.4 is 5.32 Å². The fourth-order valence-corrected chi connectivity index (χ4v) is 2.53. The van der Waals surface area contributed by atoms with Crippen LogP contribution in [0.1, 0.15) is 22.5 Å². The van der Waals surface area contributed by atoms with Gasteiger partial charge in [-0.25, -0.2) is 0 Å². The van der Waals surface area contributed by atoms with Crippen LogP contribution in [0.25, 0.3) is 0 Å². The fraction of sp³-hybridized carbons (Fsp3) is 0.600. The molecule has 1 amide bonds. The van der Waals surface area contributed by atoms with E-state index in [1.165, 1.54) is 0 Å². The molecule has 2 heterocycles. The number of hydrogen-bond donors (Lipinski definition) is 2. The zero-order valence-electron chi connectivity index (χ0n) is 12.4. The van der Waals surface area contributed by atoms with E-state index in [0.29, 0.717) is 23.7 Å². The molecule has 1 aromatic heterocycles. The average Bonchev–Trinajstić information content (AvgIpc) is 2.98. The van der Waals surface area contributed by atoms with Gasteiger partial charge in [-0.15, -0.1) is 0 Å². The normalized spacial score (nSPS) is 18.9. The van der Waals surface area contributed by atoms with Crippen molar-refractivity contribution in [3.8, 4) is 0 Å². The zero-order chi connectivity index (χ0) is 15.1. The van der Waals surface area contributed by atoms with E-state index in [4.69, 9.17) is 9.84 Å². The van der Waals surface area contributed by atoms with E-state index in [1.807, 2.05) is 0 Å². The SMILES string of the molecule is COCCN1CC[C@@H](CNC(=O)c2cc(CO)ccn2)C1. The smallest absolute Gasteiger partial charge is 0.269 e. The Morgan fingerprint density at radius 1 is 1.62 bits per heavy atom. The minimum atomic E-state index is -0.180. The van der Waals surface area contributed by atoms with Crippen molar-refractivity contribution in [3.63, 3.8) is 0 Å². The van der Waals surface area contributed by atoms with Gasteiger partial charge in [-0.2, -0.15) is 0 Å². The number of carbonyl (C=O) groups excluding carboxylic acids is 1. The van der Waals surface area contributed by atoms with Crippen LogP contribution in [0.15, 0.2) is 18.3 Å². The van der Waals surface area contributed by atoms with Gasteiger partial charge in [0, 0.05) is 32.9 Å². The Balaban J connectivity index is 1.76. The number of hydrogen-bond acceptors (Lipinski definition) is 5. The molecular formula is C15H23N3O3. The van der Waals surface area contributed by atoms with Crippen LogP contribution in [0.3, 0.4) is 0 Å². The number of nitrogens with zero attached hydrogens (tertiary/aromatic N) is 2. The Bertz CT molecular complexity index is 467. The molecule has 116 valence electrons. The summed E-state index contributed by atoms with van der Waals surface area (Å²) in [6.07, 6.45) is 2.64. The number of nitrogens with one attached hydrogen (secondary N) is 1. The van der Waals surface area contributed by atoms with Gasteiger partial charge in [0.1, 0.15) is 5.69 Å². The van der Waals surface area contributed by atoms with Gasteiger partial charge in [0.05, 0.1) is 13.2 Å². The average molecular weight is 293 g/mol. The van der Waals surface area contributed by atoms with Crippen molar-refractivity contribution in [2.75, 3.05) is 39.9 Å². The second kappa shape index (κ2) is 8.07. The van der Waals surface area contributed by atoms with Crippen LogP contribution in [0.5, 0.6) is 0 Å². The highest BCUT2D eigenvalue weighted by Crippen LogP contribution is 2.15. The van der Waals surface area contributed by atoms with E-state index < -0.39 is 0 Å². The lowest BCUT2D eigenvalue weighted by Crippen LogP contribution is -2.32. The number of pyridine rings is 1. The molecule has 1 aliphatic heterocycles. The lowest BCUT2D eigenvalue weighted by atomic mass is 10.1. The Morgan fingerprint density at radius 3 is 3.24 bits per heavy atom. The van der Waals surface area contributed by atoms with Crippen molar-refractivity contribution in [2.45, 2.75) is 13.0 Å². The second-order valence-corrected chi connectivity index (χ2v) is 5.37. The monoisotopic (exact) mass is 293 g/mol. The molecule has 6 nitrogen and oxygen atoms in total. The van der Waals surface area contributed by atoms with Crippen LogP contribution in [-0.4, -0.2) is 60.8 Å². The molecule has 2 rings (SSSR count). The fourth-order valence-electron chi connectivity index (χ4n) is 2.53. The first-order chi connectivity index (χ1) is 10.2. The molecule has 21 heavy (non-hydrogen) atoms. The summed E-state index contributed by atoms with van der Waals surface area (Å²) in [5, 5.41) is 12.0. The molecule has 0 radical (unpaired) electrons. The van der Waals surface area contributed by atoms with Gasteiger partial charge in [0.15, 0.2) is 0 Å². The summed E-state index contributed by atoms with van der Waals surface area (Å²) in [5.41, 5.74) is 1.05. The minimum absolute atomic E-state index is 0.0834. The molecule has 1 aliphatic rings. The topological polar surface area (TPSA) is 74.7 Å². The second-order valence-electron chi connectivity index (χ2n) is 5.37. The van der Waals surface area contributed by atoms with Gasteiger partial charge in [0.2, 0.25) is 0 Å². The summed E-state index contributed by atoms with van der Waals surface area (Å²) >= 11 is 0. The molecule has 0 saturated carbocycles. The molecule has 0 spiro atoms. The third-order valence-electron chi connectivity index (χ3n) is 3.77. The molecule has 2 N–H and O–H groups in total. The number of likely N-dealkylation sites (tertiary alicyclic amines) is 1. The maximum absolute atomic E-state index is 12.0. The summed E-state index contributed by atoms with van der Waals surface area (Å²) in [6.45, 7) is 4.32. The number of ether oxygens (including phenoxy) is 1. The summed E-state index contributed by atoms with van der Waals surface area (Å²) in [5.74, 6) is 0.299. The maximum Gasteiger partial charge on any atom is 0.269 e. The quantitative estimate of drug-likeness (QED) is 0.755. The van der Waals surface area contributed by atoms with Gasteiger partial charge in [-0.3, -0.25) is 9.78 Å². The third kappa shape index (κ3) is 4.77. The standard InChI is InChI=1S/C15H23N3O3/c1-21-7-6-18-5-3-13(10-18)9-17-15(20)14-8-12(11-19)2-4-16-14/h2,4,8,13,19H,3,5-7,9-11H2,1H3,(H,17,20)/t13-/m0/s1. The highest BCUT2D eigenvalue weighted by molar-refractivity contribution is 5.92. The number of carbonyl (C=O) groups is 1. The number of aliphatic hydroxyl groups excluding tert-OH is 1. The van der Waals surface area contributed by atoms with Gasteiger partial charge >= 0.3 is 0 Å². The largest absolute Gasteiger partial charge is 0.392 e. The molecule has 0 aliphatic carbocycles. The van der Waals surface area contributed by atoms with Crippen LogP contribution in [0.2, 0.25) is 0 Å². The highest BCUT2D eigenvalue weighted by Gasteiger charge is 2.22. The molecule has 1 atom stereocenters. The first kappa shape index (κ1) is 15.9. The predicted octanol–water partition coefficient (Wildman–Crippen LogP) is 0.272. The molecule has 1 fully saturated rings. The number of methoxy groups -OCH3 is 1. The van der Waals surface area contributed by atoms with Crippen molar-refractivity contribution in [1.29, 1.82) is 0 Å². The van der Waals surface area contributed by atoms with Gasteiger partial charge in [-0.1, -0.05) is 0 Å². The first-order valence-corrected chi connectivity index (χ1v) is 7.28. The van der Waals surface area contributed by atoms with E-state index >= 15 is 0 Å². The van der Waals surface area contributed by atoms with Gasteiger partial charge < -0.3 is 20.1 Å². The number of aromatic nitrogens is 1. The van der Waals surface area contributed by atoms with Crippen molar-refractivity contribution in [3.05, 3.63) is 29.6 Å². The van der Waals surface area contributed by atoms with Crippen molar-refractivity contribution >= 4 is 5.91 Å². The number of rotatable bonds is 7. The lowest BCUT2D eigenvalue weighted by molar-refractivity contribution is 0.0941. The first-order valence-electron chi connectivity index (χ1n) is 7.28. The third-order valence-corrected chi connectivity index (χ3v) is 3.77. The maximum atomic E-state index is 12.0. The van der Waals surface area contributed by atoms with E-state index in [-0.39, 0.29) is 12.5 Å². The van der Waals surface area contributed by atoms with E-state index in [1.54, 1.807) is 25.4 Å². The number of amides is 1. The van der Waals surface area contributed by atoms with Crippen LogP contribution >= 0.6 is 0 Å². The number of aliphatic hydroxyl groups is 1. The Morgan fingerprint density at radius 2 is 2.48 bits per heavy atom.